The maximum absolute atomic E-state index is 11.6. The Balaban J connectivity index is 2.32. The number of benzene rings is 1. The number of unbranched alkanes of at least 4 members (excludes halogenated alkanes) is 1. The van der Waals surface area contributed by atoms with Gasteiger partial charge in [-0.25, -0.2) is 0 Å². The van der Waals surface area contributed by atoms with Crippen molar-refractivity contribution in [1.82, 2.24) is 5.32 Å². The first kappa shape index (κ1) is 16.0. The van der Waals surface area contributed by atoms with E-state index in [2.05, 4.69) is 5.32 Å². The molecule has 0 saturated heterocycles. The topological polar surface area (TPSA) is 75.6 Å². The SMILES string of the molecule is CCOc1ccccc1CNC(=O)CCCCC(=O)O. The fraction of sp³-hybridized carbons (Fsp3) is 0.467. The molecule has 110 valence electrons. The number of carboxylic acid groups (broad SMARTS) is 1. The zero-order chi connectivity index (χ0) is 14.8. The van der Waals surface area contributed by atoms with Gasteiger partial charge < -0.3 is 15.2 Å². The lowest BCUT2D eigenvalue weighted by Crippen LogP contribution is -2.22. The molecule has 0 radical (unpaired) electrons. The Morgan fingerprint density at radius 2 is 1.90 bits per heavy atom. The van der Waals surface area contributed by atoms with Crippen molar-refractivity contribution in [1.29, 1.82) is 0 Å². The largest absolute Gasteiger partial charge is 0.494 e. The van der Waals surface area contributed by atoms with E-state index in [-0.39, 0.29) is 12.3 Å². The number of amides is 1. The molecule has 1 aromatic carbocycles. The third-order valence-corrected chi connectivity index (χ3v) is 2.79. The third kappa shape index (κ3) is 6.22. The number of rotatable bonds is 9. The predicted molar refractivity (Wildman–Crippen MR) is 75.6 cm³/mol. The van der Waals surface area contributed by atoms with Crippen LogP contribution in [0.1, 0.15) is 38.2 Å². The van der Waals surface area contributed by atoms with Crippen molar-refractivity contribution in [3.05, 3.63) is 29.8 Å². The number of ether oxygens (including phenoxy) is 1. The van der Waals surface area contributed by atoms with E-state index in [1.165, 1.54) is 0 Å². The van der Waals surface area contributed by atoms with Crippen LogP contribution in [0, 0.1) is 0 Å². The molecule has 0 aliphatic carbocycles. The lowest BCUT2D eigenvalue weighted by molar-refractivity contribution is -0.137. The molecule has 1 aromatic rings. The summed E-state index contributed by atoms with van der Waals surface area (Å²) in [6, 6.07) is 7.58. The van der Waals surface area contributed by atoms with E-state index in [0.29, 0.717) is 32.4 Å². The molecule has 5 nitrogen and oxygen atoms in total. The number of carbonyl (C=O) groups excluding carboxylic acids is 1. The summed E-state index contributed by atoms with van der Waals surface area (Å²) in [4.78, 5) is 22.0. The Morgan fingerprint density at radius 3 is 2.60 bits per heavy atom. The van der Waals surface area contributed by atoms with Crippen molar-refractivity contribution in [2.45, 2.75) is 39.2 Å². The molecule has 0 unspecified atom stereocenters. The van der Waals surface area contributed by atoms with E-state index >= 15 is 0 Å². The molecular weight excluding hydrogens is 258 g/mol. The van der Waals surface area contributed by atoms with Gasteiger partial charge in [0.05, 0.1) is 6.61 Å². The van der Waals surface area contributed by atoms with Crippen LogP contribution < -0.4 is 10.1 Å². The minimum atomic E-state index is -0.823. The monoisotopic (exact) mass is 279 g/mol. The Morgan fingerprint density at radius 1 is 1.20 bits per heavy atom. The third-order valence-electron chi connectivity index (χ3n) is 2.79. The molecule has 5 heteroatoms. The first-order valence-corrected chi connectivity index (χ1v) is 6.82. The second kappa shape index (κ2) is 8.96. The van der Waals surface area contributed by atoms with Gasteiger partial charge in [-0.2, -0.15) is 0 Å². The van der Waals surface area contributed by atoms with Crippen molar-refractivity contribution in [2.24, 2.45) is 0 Å². The summed E-state index contributed by atoms with van der Waals surface area (Å²) in [7, 11) is 0. The Kier molecular flexibility index (Phi) is 7.17. The van der Waals surface area contributed by atoms with E-state index in [9.17, 15) is 9.59 Å². The van der Waals surface area contributed by atoms with E-state index in [1.54, 1.807) is 0 Å². The molecule has 0 atom stereocenters. The average molecular weight is 279 g/mol. The molecule has 1 rings (SSSR count). The first-order valence-electron chi connectivity index (χ1n) is 6.82. The number of nitrogens with one attached hydrogen (secondary N) is 1. The Labute approximate surface area is 118 Å². The summed E-state index contributed by atoms with van der Waals surface area (Å²) in [5.41, 5.74) is 0.938. The quantitative estimate of drug-likeness (QED) is 0.680. The lowest BCUT2D eigenvalue weighted by Gasteiger charge is -2.10. The van der Waals surface area contributed by atoms with Gasteiger partial charge in [0.25, 0.3) is 0 Å². The van der Waals surface area contributed by atoms with E-state index in [0.717, 1.165) is 11.3 Å². The molecule has 2 N–H and O–H groups in total. The fourth-order valence-corrected chi connectivity index (χ4v) is 1.79. The smallest absolute Gasteiger partial charge is 0.303 e. The van der Waals surface area contributed by atoms with Gasteiger partial charge >= 0.3 is 5.97 Å². The molecule has 1 amide bonds. The molecule has 20 heavy (non-hydrogen) atoms. The highest BCUT2D eigenvalue weighted by atomic mass is 16.5. The number of para-hydroxylation sites is 1. The van der Waals surface area contributed by atoms with Gasteiger partial charge in [-0.1, -0.05) is 18.2 Å². The Bertz CT molecular complexity index is 445. The summed E-state index contributed by atoms with van der Waals surface area (Å²) in [5, 5.41) is 11.3. The zero-order valence-electron chi connectivity index (χ0n) is 11.7. The normalized spacial score (nSPS) is 10.1. The molecule has 0 aliphatic rings. The maximum Gasteiger partial charge on any atom is 0.303 e. The summed E-state index contributed by atoms with van der Waals surface area (Å²) in [5.74, 6) is -0.112. The van der Waals surface area contributed by atoms with Crippen LogP contribution >= 0.6 is 0 Å². The van der Waals surface area contributed by atoms with Crippen molar-refractivity contribution in [3.63, 3.8) is 0 Å². The van der Waals surface area contributed by atoms with Crippen LogP contribution in [0.3, 0.4) is 0 Å². The maximum atomic E-state index is 11.6. The van der Waals surface area contributed by atoms with Crippen molar-refractivity contribution >= 4 is 11.9 Å². The van der Waals surface area contributed by atoms with Gasteiger partial charge in [0.15, 0.2) is 0 Å². The van der Waals surface area contributed by atoms with Crippen LogP contribution in [0.4, 0.5) is 0 Å². The van der Waals surface area contributed by atoms with Crippen LogP contribution in [0.5, 0.6) is 5.75 Å². The highest BCUT2D eigenvalue weighted by molar-refractivity contribution is 5.76. The number of hydrogen-bond acceptors (Lipinski definition) is 3. The molecule has 0 spiro atoms. The van der Waals surface area contributed by atoms with Gasteiger partial charge in [-0.15, -0.1) is 0 Å². The van der Waals surface area contributed by atoms with Crippen LogP contribution in [-0.4, -0.2) is 23.6 Å². The minimum absolute atomic E-state index is 0.0679. The lowest BCUT2D eigenvalue weighted by atomic mass is 10.1. The van der Waals surface area contributed by atoms with Crippen molar-refractivity contribution in [3.8, 4) is 5.75 Å². The number of hydrogen-bond donors (Lipinski definition) is 2. The molecule has 0 bridgehead atoms. The minimum Gasteiger partial charge on any atom is -0.494 e. The Hall–Kier alpha value is -2.04. The second-order valence-electron chi connectivity index (χ2n) is 4.42. The van der Waals surface area contributed by atoms with E-state index in [1.807, 2.05) is 31.2 Å². The molecule has 0 heterocycles. The fourth-order valence-electron chi connectivity index (χ4n) is 1.79. The number of carbonyl (C=O) groups is 2. The van der Waals surface area contributed by atoms with Crippen LogP contribution in [-0.2, 0) is 16.1 Å². The van der Waals surface area contributed by atoms with Crippen LogP contribution in [0.25, 0.3) is 0 Å². The molecule has 0 aliphatic heterocycles. The summed E-state index contributed by atoms with van der Waals surface area (Å²) in [6.07, 6.45) is 1.58. The number of carboxylic acids is 1. The standard InChI is InChI=1S/C15H21NO4/c1-2-20-13-8-4-3-7-12(13)11-16-14(17)9-5-6-10-15(18)19/h3-4,7-8H,2,5-6,9-11H2,1H3,(H,16,17)(H,18,19). The molecule has 0 fully saturated rings. The van der Waals surface area contributed by atoms with Gasteiger partial charge in [-0.3, -0.25) is 9.59 Å². The van der Waals surface area contributed by atoms with Gasteiger partial charge in [-0.05, 0) is 25.8 Å². The molecule has 0 aromatic heterocycles. The van der Waals surface area contributed by atoms with Gasteiger partial charge in [0, 0.05) is 24.9 Å². The number of aliphatic carboxylic acids is 1. The first-order chi connectivity index (χ1) is 9.63. The highest BCUT2D eigenvalue weighted by Gasteiger charge is 2.06. The van der Waals surface area contributed by atoms with Crippen molar-refractivity contribution < 1.29 is 19.4 Å². The summed E-state index contributed by atoms with van der Waals surface area (Å²) >= 11 is 0. The highest BCUT2D eigenvalue weighted by Crippen LogP contribution is 2.17. The second-order valence-corrected chi connectivity index (χ2v) is 4.42. The molecule has 0 saturated carbocycles. The summed E-state index contributed by atoms with van der Waals surface area (Å²) < 4.78 is 5.48. The van der Waals surface area contributed by atoms with Gasteiger partial charge in [0.1, 0.15) is 5.75 Å². The van der Waals surface area contributed by atoms with Crippen molar-refractivity contribution in [2.75, 3.05) is 6.61 Å². The van der Waals surface area contributed by atoms with Gasteiger partial charge in [0.2, 0.25) is 5.91 Å². The zero-order valence-corrected chi connectivity index (χ0v) is 11.7. The average Bonchev–Trinajstić information content (AvgIpc) is 2.43. The van der Waals surface area contributed by atoms with Crippen LogP contribution in [0.2, 0.25) is 0 Å². The van der Waals surface area contributed by atoms with E-state index in [4.69, 9.17) is 9.84 Å². The predicted octanol–water partition coefficient (Wildman–Crippen LogP) is 2.35. The van der Waals surface area contributed by atoms with Crippen LogP contribution in [0.15, 0.2) is 24.3 Å². The van der Waals surface area contributed by atoms with E-state index < -0.39 is 5.97 Å². The summed E-state index contributed by atoms with van der Waals surface area (Å²) in [6.45, 7) is 2.92. The molecular formula is C15H21NO4.